The van der Waals surface area contributed by atoms with Gasteiger partial charge in [0.2, 0.25) is 0 Å². The molecule has 2 rings (SSSR count). The molecule has 0 aliphatic rings. The summed E-state index contributed by atoms with van der Waals surface area (Å²) in [5, 5.41) is 0. The topological polar surface area (TPSA) is 61.5 Å². The molecule has 0 heterocycles. The maximum absolute atomic E-state index is 12.8. The van der Waals surface area contributed by atoms with Gasteiger partial charge in [0, 0.05) is 21.8 Å². The van der Waals surface area contributed by atoms with E-state index in [0.29, 0.717) is 32.8 Å². The van der Waals surface area contributed by atoms with E-state index < -0.39 is 0 Å². The summed E-state index contributed by atoms with van der Waals surface area (Å²) in [6, 6.07) is 8.70. The van der Waals surface area contributed by atoms with Gasteiger partial charge >= 0.3 is 0 Å². The van der Waals surface area contributed by atoms with Crippen LogP contribution in [0, 0.1) is 6.92 Å². The van der Waals surface area contributed by atoms with Gasteiger partial charge in [0.15, 0.2) is 5.78 Å². The van der Waals surface area contributed by atoms with E-state index in [9.17, 15) is 4.79 Å². The van der Waals surface area contributed by atoms with Crippen LogP contribution in [-0.2, 0) is 0 Å². The van der Waals surface area contributed by atoms with Crippen molar-refractivity contribution in [2.45, 2.75) is 6.92 Å². The minimum atomic E-state index is -0.147. The highest BCUT2D eigenvalue weighted by molar-refractivity contribution is 9.10. The Bertz CT molecular complexity index is 698. The third-order valence-corrected chi connectivity index (χ3v) is 3.96. The molecular weight excluding hydrogens is 334 g/mol. The Morgan fingerprint density at radius 2 is 1.90 bits per heavy atom. The molecule has 21 heavy (non-hydrogen) atoms. The third-order valence-electron chi connectivity index (χ3n) is 3.33. The molecule has 2 aromatic carbocycles. The lowest BCUT2D eigenvalue weighted by Crippen LogP contribution is -2.08. The molecule has 110 valence electrons. The Hall–Kier alpha value is -2.01. The van der Waals surface area contributed by atoms with Crippen molar-refractivity contribution in [1.29, 1.82) is 0 Å². The fourth-order valence-electron chi connectivity index (χ4n) is 2.09. The number of carbonyl (C=O) groups excluding carboxylic acids is 1. The molecule has 0 atom stereocenters. The SMILES string of the molecule is COc1cc(Br)c(C(=O)c2cccc(N)c2C)c(OC)c1. The van der Waals surface area contributed by atoms with Gasteiger partial charge in [0.05, 0.1) is 19.8 Å². The predicted molar refractivity (Wildman–Crippen MR) is 86.3 cm³/mol. The number of ketones is 1. The van der Waals surface area contributed by atoms with Crippen LogP contribution in [0.5, 0.6) is 11.5 Å². The molecule has 5 heteroatoms. The van der Waals surface area contributed by atoms with Crippen molar-refractivity contribution in [2.24, 2.45) is 0 Å². The van der Waals surface area contributed by atoms with Gasteiger partial charge in [-0.25, -0.2) is 0 Å². The molecule has 2 N–H and O–H groups in total. The molecule has 0 spiro atoms. The summed E-state index contributed by atoms with van der Waals surface area (Å²) in [4.78, 5) is 12.8. The summed E-state index contributed by atoms with van der Waals surface area (Å²) in [6.07, 6.45) is 0. The molecule has 0 bridgehead atoms. The normalized spacial score (nSPS) is 10.3. The largest absolute Gasteiger partial charge is 0.497 e. The monoisotopic (exact) mass is 349 g/mol. The van der Waals surface area contributed by atoms with Gasteiger partial charge in [-0.15, -0.1) is 0 Å². The lowest BCUT2D eigenvalue weighted by atomic mass is 9.97. The molecule has 0 unspecified atom stereocenters. The standard InChI is InChI=1S/C16H16BrNO3/c1-9-11(5-4-6-13(9)18)16(19)15-12(17)7-10(20-2)8-14(15)21-3/h4-8H,18H2,1-3H3. The number of hydrogen-bond donors (Lipinski definition) is 1. The van der Waals surface area contributed by atoms with E-state index in [4.69, 9.17) is 15.2 Å². The van der Waals surface area contributed by atoms with Crippen LogP contribution >= 0.6 is 15.9 Å². The highest BCUT2D eigenvalue weighted by Gasteiger charge is 2.21. The van der Waals surface area contributed by atoms with Crippen LogP contribution < -0.4 is 15.2 Å². The number of anilines is 1. The van der Waals surface area contributed by atoms with Crippen molar-refractivity contribution >= 4 is 27.4 Å². The summed E-state index contributed by atoms with van der Waals surface area (Å²) < 4.78 is 11.1. The van der Waals surface area contributed by atoms with Crippen LogP contribution in [0.2, 0.25) is 0 Å². The van der Waals surface area contributed by atoms with E-state index in [0.717, 1.165) is 5.56 Å². The van der Waals surface area contributed by atoms with E-state index in [1.807, 2.05) is 6.92 Å². The van der Waals surface area contributed by atoms with Crippen molar-refractivity contribution in [3.63, 3.8) is 0 Å². The lowest BCUT2D eigenvalue weighted by Gasteiger charge is -2.13. The van der Waals surface area contributed by atoms with E-state index in [1.165, 1.54) is 7.11 Å². The maximum Gasteiger partial charge on any atom is 0.198 e. The number of nitrogens with two attached hydrogens (primary N) is 1. The number of hydrogen-bond acceptors (Lipinski definition) is 4. The fraction of sp³-hybridized carbons (Fsp3) is 0.188. The second-order valence-electron chi connectivity index (χ2n) is 4.54. The smallest absolute Gasteiger partial charge is 0.198 e. The Balaban J connectivity index is 2.60. The Kier molecular flexibility index (Phi) is 4.53. The van der Waals surface area contributed by atoms with Crippen LogP contribution in [0.1, 0.15) is 21.5 Å². The molecule has 0 aliphatic carbocycles. The predicted octanol–water partition coefficient (Wildman–Crippen LogP) is 3.59. The van der Waals surface area contributed by atoms with Gasteiger partial charge in [-0.2, -0.15) is 0 Å². The number of halogens is 1. The maximum atomic E-state index is 12.8. The average molecular weight is 350 g/mol. The number of ether oxygens (including phenoxy) is 2. The van der Waals surface area contributed by atoms with E-state index in [2.05, 4.69) is 15.9 Å². The molecule has 4 nitrogen and oxygen atoms in total. The van der Waals surface area contributed by atoms with Gasteiger partial charge in [-0.1, -0.05) is 12.1 Å². The molecule has 0 amide bonds. The summed E-state index contributed by atoms with van der Waals surface area (Å²) >= 11 is 3.41. The highest BCUT2D eigenvalue weighted by atomic mass is 79.9. The minimum absolute atomic E-state index is 0.147. The Labute approximate surface area is 132 Å². The molecule has 2 aromatic rings. The molecule has 0 radical (unpaired) electrons. The van der Waals surface area contributed by atoms with Crippen molar-refractivity contribution in [1.82, 2.24) is 0 Å². The van der Waals surface area contributed by atoms with Crippen LogP contribution in [0.15, 0.2) is 34.8 Å². The summed E-state index contributed by atoms with van der Waals surface area (Å²) in [5.74, 6) is 0.916. The van der Waals surface area contributed by atoms with Crippen LogP contribution in [0.3, 0.4) is 0 Å². The highest BCUT2D eigenvalue weighted by Crippen LogP contribution is 2.34. The average Bonchev–Trinajstić information content (AvgIpc) is 2.48. The van der Waals surface area contributed by atoms with Crippen LogP contribution in [0.4, 0.5) is 5.69 Å². The molecule has 0 saturated carbocycles. The molecular formula is C16H16BrNO3. The number of methoxy groups -OCH3 is 2. The van der Waals surface area contributed by atoms with Gasteiger partial charge in [-0.3, -0.25) is 4.79 Å². The molecule has 0 fully saturated rings. The van der Waals surface area contributed by atoms with Gasteiger partial charge in [0.1, 0.15) is 11.5 Å². The van der Waals surface area contributed by atoms with Crippen molar-refractivity contribution in [3.05, 3.63) is 51.5 Å². The van der Waals surface area contributed by atoms with E-state index in [1.54, 1.807) is 37.4 Å². The zero-order chi connectivity index (χ0) is 15.6. The third kappa shape index (κ3) is 2.88. The van der Waals surface area contributed by atoms with Crippen molar-refractivity contribution in [3.8, 4) is 11.5 Å². The number of nitrogen functional groups attached to an aromatic ring is 1. The summed E-state index contributed by atoms with van der Waals surface area (Å²) in [7, 11) is 3.08. The van der Waals surface area contributed by atoms with Crippen molar-refractivity contribution in [2.75, 3.05) is 20.0 Å². The lowest BCUT2D eigenvalue weighted by molar-refractivity contribution is 0.103. The van der Waals surface area contributed by atoms with Crippen molar-refractivity contribution < 1.29 is 14.3 Å². The minimum Gasteiger partial charge on any atom is -0.497 e. The molecule has 0 aliphatic heterocycles. The van der Waals surface area contributed by atoms with Gasteiger partial charge in [-0.05, 0) is 40.5 Å². The number of benzene rings is 2. The fourth-order valence-corrected chi connectivity index (χ4v) is 2.69. The first-order chi connectivity index (χ1) is 9.99. The first-order valence-corrected chi connectivity index (χ1v) is 7.10. The summed E-state index contributed by atoms with van der Waals surface area (Å²) in [5.41, 5.74) is 8.23. The quantitative estimate of drug-likeness (QED) is 0.676. The molecule has 0 saturated heterocycles. The number of carbonyl (C=O) groups is 1. The zero-order valence-corrected chi connectivity index (χ0v) is 13.7. The van der Waals surface area contributed by atoms with Gasteiger partial charge in [0.25, 0.3) is 0 Å². The second-order valence-corrected chi connectivity index (χ2v) is 5.39. The second kappa shape index (κ2) is 6.18. The Morgan fingerprint density at radius 1 is 1.19 bits per heavy atom. The first kappa shape index (κ1) is 15.4. The molecule has 0 aromatic heterocycles. The van der Waals surface area contributed by atoms with Crippen LogP contribution in [-0.4, -0.2) is 20.0 Å². The van der Waals surface area contributed by atoms with Gasteiger partial charge < -0.3 is 15.2 Å². The summed E-state index contributed by atoms with van der Waals surface area (Å²) in [6.45, 7) is 1.83. The van der Waals surface area contributed by atoms with Crippen LogP contribution in [0.25, 0.3) is 0 Å². The van der Waals surface area contributed by atoms with E-state index >= 15 is 0 Å². The van der Waals surface area contributed by atoms with E-state index in [-0.39, 0.29) is 5.78 Å². The number of rotatable bonds is 4. The first-order valence-electron chi connectivity index (χ1n) is 6.31. The Morgan fingerprint density at radius 3 is 2.52 bits per heavy atom. The zero-order valence-electron chi connectivity index (χ0n) is 12.1.